The van der Waals surface area contributed by atoms with Crippen LogP contribution in [0, 0.1) is 25.2 Å². The van der Waals surface area contributed by atoms with Crippen LogP contribution in [0.15, 0.2) is 66.9 Å². The summed E-state index contributed by atoms with van der Waals surface area (Å²) in [7, 11) is 1.86. The molecule has 0 saturated carbocycles. The van der Waals surface area contributed by atoms with E-state index in [-0.39, 0.29) is 0 Å². The van der Waals surface area contributed by atoms with Gasteiger partial charge in [0.05, 0.1) is 16.7 Å². The summed E-state index contributed by atoms with van der Waals surface area (Å²) in [5.74, 6) is 0.874. The summed E-state index contributed by atoms with van der Waals surface area (Å²) in [6.07, 6.45) is 1.76. The number of nitrogens with zero attached hydrogens (tertiary/aromatic N) is 4. The fraction of sp³-hybridized carbons (Fsp3) is 0.103. The van der Waals surface area contributed by atoms with Gasteiger partial charge in [0.1, 0.15) is 16.8 Å². The zero-order valence-corrected chi connectivity index (χ0v) is 21.7. The van der Waals surface area contributed by atoms with E-state index in [0.29, 0.717) is 44.8 Å². The highest BCUT2D eigenvalue weighted by Gasteiger charge is 2.19. The highest BCUT2D eigenvalue weighted by atomic mass is 35.5. The van der Waals surface area contributed by atoms with Gasteiger partial charge in [0.2, 0.25) is 17.7 Å². The van der Waals surface area contributed by atoms with Crippen LogP contribution in [0.5, 0.6) is 11.6 Å². The highest BCUT2D eigenvalue weighted by Crippen LogP contribution is 2.37. The van der Waals surface area contributed by atoms with Crippen molar-refractivity contribution in [2.24, 2.45) is 12.8 Å². The number of carbonyl (C=O) groups excluding carboxylic acids is 1. The number of nitriles is 1. The molecule has 5 aromatic rings. The number of amides is 1. The van der Waals surface area contributed by atoms with Gasteiger partial charge < -0.3 is 20.4 Å². The minimum atomic E-state index is -0.461. The third-order valence-electron chi connectivity index (χ3n) is 6.17. The van der Waals surface area contributed by atoms with Crippen molar-refractivity contribution < 1.29 is 9.53 Å². The quantitative estimate of drug-likeness (QED) is 0.266. The standard InChI is InChI=1S/C29H23ClN6O2/c1-16-12-21(19-6-8-20(9-7-19)27(32)37)13-17(2)26(16)38-28-25-24(23(30)15-36(25)3)34-29(35-28)33-22-10-4-18(14-31)5-11-22/h4-13,15H,1-3H3,(H2,32,37)(H,33,34,35). The van der Waals surface area contributed by atoms with E-state index in [2.05, 4.69) is 21.4 Å². The summed E-state index contributed by atoms with van der Waals surface area (Å²) < 4.78 is 8.26. The summed E-state index contributed by atoms with van der Waals surface area (Å²) in [6, 6.07) is 20.3. The molecule has 2 aromatic heterocycles. The molecule has 0 unspecified atom stereocenters. The third kappa shape index (κ3) is 4.75. The topological polar surface area (TPSA) is 119 Å². The summed E-state index contributed by atoms with van der Waals surface area (Å²) in [6.45, 7) is 3.94. The zero-order valence-electron chi connectivity index (χ0n) is 20.9. The second kappa shape index (κ2) is 9.88. The molecule has 0 saturated heterocycles. The molecule has 38 heavy (non-hydrogen) atoms. The van der Waals surface area contributed by atoms with E-state index in [9.17, 15) is 4.79 Å². The molecule has 0 atom stereocenters. The average Bonchev–Trinajstić information content (AvgIpc) is 3.19. The smallest absolute Gasteiger partial charge is 0.249 e. The molecule has 0 aliphatic carbocycles. The highest BCUT2D eigenvalue weighted by molar-refractivity contribution is 6.35. The molecule has 0 spiro atoms. The number of hydrogen-bond donors (Lipinski definition) is 2. The van der Waals surface area contributed by atoms with E-state index in [1.54, 1.807) is 42.6 Å². The van der Waals surface area contributed by atoms with Crippen molar-refractivity contribution in [1.82, 2.24) is 14.5 Å². The predicted octanol–water partition coefficient (Wildman–Crippen LogP) is 6.41. The second-order valence-corrected chi connectivity index (χ2v) is 9.34. The SMILES string of the molecule is Cc1cc(-c2ccc(C(N)=O)cc2)cc(C)c1Oc1nc(Nc2ccc(C#N)cc2)nc2c(Cl)cn(C)c12. The van der Waals surface area contributed by atoms with Crippen molar-refractivity contribution in [3.8, 4) is 28.8 Å². The number of hydrogen-bond acceptors (Lipinski definition) is 6. The maximum atomic E-state index is 11.4. The van der Waals surface area contributed by atoms with Crippen LogP contribution >= 0.6 is 11.6 Å². The first kappa shape index (κ1) is 24.8. The first-order valence-corrected chi connectivity index (χ1v) is 12.1. The molecule has 0 bridgehead atoms. The van der Waals surface area contributed by atoms with Crippen LogP contribution in [0.1, 0.15) is 27.0 Å². The van der Waals surface area contributed by atoms with Crippen molar-refractivity contribution in [2.45, 2.75) is 13.8 Å². The lowest BCUT2D eigenvalue weighted by Crippen LogP contribution is -2.10. The third-order valence-corrected chi connectivity index (χ3v) is 6.45. The average molecular weight is 523 g/mol. The maximum absolute atomic E-state index is 11.4. The lowest BCUT2D eigenvalue weighted by atomic mass is 9.99. The van der Waals surface area contributed by atoms with Gasteiger partial charge in [0, 0.05) is 24.5 Å². The van der Waals surface area contributed by atoms with Gasteiger partial charge in [-0.3, -0.25) is 4.79 Å². The molecule has 3 N–H and O–H groups in total. The summed E-state index contributed by atoms with van der Waals surface area (Å²) in [5.41, 5.74) is 12.1. The largest absolute Gasteiger partial charge is 0.436 e. The van der Waals surface area contributed by atoms with Crippen molar-refractivity contribution in [3.05, 3.63) is 94.1 Å². The molecule has 1 amide bonds. The van der Waals surface area contributed by atoms with Crippen LogP contribution in [0.4, 0.5) is 11.6 Å². The Morgan fingerprint density at radius 1 is 1.03 bits per heavy atom. The summed E-state index contributed by atoms with van der Waals surface area (Å²) >= 11 is 6.49. The van der Waals surface area contributed by atoms with E-state index in [1.807, 2.05) is 49.7 Å². The Balaban J connectivity index is 1.53. The molecule has 3 aromatic carbocycles. The monoisotopic (exact) mass is 522 g/mol. The fourth-order valence-corrected chi connectivity index (χ4v) is 4.58. The molecule has 9 heteroatoms. The number of aryl methyl sites for hydroxylation is 3. The molecule has 0 aliphatic heterocycles. The van der Waals surface area contributed by atoms with E-state index in [4.69, 9.17) is 27.3 Å². The Morgan fingerprint density at radius 2 is 1.68 bits per heavy atom. The number of halogens is 1. The molecule has 8 nitrogen and oxygen atoms in total. The number of benzene rings is 3. The van der Waals surface area contributed by atoms with Crippen LogP contribution < -0.4 is 15.8 Å². The van der Waals surface area contributed by atoms with E-state index < -0.39 is 5.91 Å². The van der Waals surface area contributed by atoms with Crippen molar-refractivity contribution in [2.75, 3.05) is 5.32 Å². The minimum absolute atomic E-state index is 0.312. The van der Waals surface area contributed by atoms with Gasteiger partial charge in [0.25, 0.3) is 0 Å². The first-order chi connectivity index (χ1) is 18.2. The Hall–Kier alpha value is -4.87. The lowest BCUT2D eigenvalue weighted by Gasteiger charge is -2.15. The van der Waals surface area contributed by atoms with E-state index in [1.165, 1.54) is 0 Å². The van der Waals surface area contributed by atoms with Crippen LogP contribution in [0.25, 0.3) is 22.2 Å². The van der Waals surface area contributed by atoms with Crippen molar-refractivity contribution >= 4 is 40.2 Å². The van der Waals surface area contributed by atoms with Gasteiger partial charge in [-0.1, -0.05) is 23.7 Å². The fourth-order valence-electron chi connectivity index (χ4n) is 4.30. The lowest BCUT2D eigenvalue weighted by molar-refractivity contribution is 0.100. The number of fused-ring (bicyclic) bond motifs is 1. The zero-order chi connectivity index (χ0) is 27.0. The van der Waals surface area contributed by atoms with Crippen molar-refractivity contribution in [3.63, 3.8) is 0 Å². The Bertz CT molecular complexity index is 1710. The van der Waals surface area contributed by atoms with Crippen LogP contribution in [-0.4, -0.2) is 20.4 Å². The van der Waals surface area contributed by atoms with E-state index in [0.717, 1.165) is 27.9 Å². The first-order valence-electron chi connectivity index (χ1n) is 11.7. The molecule has 188 valence electrons. The molecular weight excluding hydrogens is 500 g/mol. The summed E-state index contributed by atoms with van der Waals surface area (Å²) in [5, 5.41) is 12.7. The normalized spacial score (nSPS) is 10.8. The number of aromatic nitrogens is 3. The Morgan fingerprint density at radius 3 is 2.29 bits per heavy atom. The Labute approximate surface area is 224 Å². The van der Waals surface area contributed by atoms with Crippen LogP contribution in [-0.2, 0) is 7.05 Å². The number of primary amides is 1. The van der Waals surface area contributed by atoms with Crippen molar-refractivity contribution in [1.29, 1.82) is 5.26 Å². The van der Waals surface area contributed by atoms with Gasteiger partial charge >= 0.3 is 0 Å². The van der Waals surface area contributed by atoms with Gasteiger partial charge in [-0.2, -0.15) is 10.2 Å². The molecular formula is C29H23ClN6O2. The maximum Gasteiger partial charge on any atom is 0.249 e. The number of carbonyl (C=O) groups is 1. The van der Waals surface area contributed by atoms with E-state index >= 15 is 0 Å². The van der Waals surface area contributed by atoms with Gasteiger partial charge in [-0.25, -0.2) is 4.98 Å². The number of rotatable bonds is 6. The van der Waals surface area contributed by atoms with Crippen LogP contribution in [0.3, 0.4) is 0 Å². The second-order valence-electron chi connectivity index (χ2n) is 8.93. The molecule has 5 rings (SSSR count). The molecule has 0 aliphatic rings. The Kier molecular flexibility index (Phi) is 6.45. The number of ether oxygens (including phenoxy) is 1. The van der Waals surface area contributed by atoms with Crippen LogP contribution in [0.2, 0.25) is 5.02 Å². The number of anilines is 2. The molecule has 0 radical (unpaired) electrons. The van der Waals surface area contributed by atoms with Gasteiger partial charge in [-0.15, -0.1) is 0 Å². The molecule has 0 fully saturated rings. The van der Waals surface area contributed by atoms with Gasteiger partial charge in [0.15, 0.2) is 0 Å². The molecule has 2 heterocycles. The van der Waals surface area contributed by atoms with Gasteiger partial charge in [-0.05, 0) is 84.6 Å². The predicted molar refractivity (Wildman–Crippen MR) is 148 cm³/mol. The minimum Gasteiger partial charge on any atom is -0.436 e. The summed E-state index contributed by atoms with van der Waals surface area (Å²) in [4.78, 5) is 20.7. The number of nitrogens with two attached hydrogens (primary N) is 1. The number of nitrogens with one attached hydrogen (secondary N) is 1.